The van der Waals surface area contributed by atoms with Gasteiger partial charge in [0.05, 0.1) is 15.5 Å². The summed E-state index contributed by atoms with van der Waals surface area (Å²) in [6, 6.07) is 0. The first-order valence-corrected chi connectivity index (χ1v) is 10.1. The number of hydrogen-bond acceptors (Lipinski definition) is 8. The van der Waals surface area contributed by atoms with Crippen LogP contribution in [0.25, 0.3) is 0 Å². The van der Waals surface area contributed by atoms with E-state index < -0.39 is 43.9 Å². The lowest BCUT2D eigenvalue weighted by Crippen LogP contribution is -2.52. The minimum Gasteiger partial charge on any atom is -0.394 e. The highest BCUT2D eigenvalue weighted by Crippen LogP contribution is 2.09. The van der Waals surface area contributed by atoms with Gasteiger partial charge in [0.1, 0.15) is 18.3 Å². The molecule has 0 aromatic heterocycles. The molecule has 4 unspecified atom stereocenters. The number of nitrogens with two attached hydrogens (primary N) is 1. The topological polar surface area (TPSA) is 145 Å². The summed E-state index contributed by atoms with van der Waals surface area (Å²) in [5.74, 6) is -0.767. The van der Waals surface area contributed by atoms with Gasteiger partial charge in [-0.15, -0.1) is 0 Å². The van der Waals surface area contributed by atoms with E-state index >= 15 is 0 Å². The number of unbranched alkanes of at least 4 members (excludes halogenated alkanes) is 1. The Labute approximate surface area is 140 Å². The van der Waals surface area contributed by atoms with E-state index in [0.29, 0.717) is 19.5 Å². The van der Waals surface area contributed by atoms with Gasteiger partial charge < -0.3 is 36.2 Å². The predicted octanol–water partition coefficient (Wildman–Crippen LogP) is -2.15. The van der Waals surface area contributed by atoms with Crippen LogP contribution in [-0.2, 0) is 21.3 Å². The predicted molar refractivity (Wildman–Crippen MR) is 92.6 cm³/mol. The van der Waals surface area contributed by atoms with Crippen molar-refractivity contribution in [2.45, 2.75) is 37.3 Å². The zero-order valence-electron chi connectivity index (χ0n) is 13.5. The van der Waals surface area contributed by atoms with Gasteiger partial charge in [-0.25, -0.2) is 0 Å². The summed E-state index contributed by atoms with van der Waals surface area (Å²) < 4.78 is 11.2. The van der Waals surface area contributed by atoms with E-state index in [-0.39, 0.29) is 0 Å². The molecule has 0 saturated carbocycles. The van der Waals surface area contributed by atoms with Crippen molar-refractivity contribution in [3.63, 3.8) is 0 Å². The van der Waals surface area contributed by atoms with Crippen molar-refractivity contribution in [3.8, 4) is 0 Å². The second-order valence-corrected chi connectivity index (χ2v) is 7.02. The molecule has 1 amide bonds. The molecule has 0 aliphatic carbocycles. The van der Waals surface area contributed by atoms with E-state index in [1.165, 1.54) is 7.11 Å². The Balaban J connectivity index is 0. The fourth-order valence-corrected chi connectivity index (χ4v) is 1.55. The van der Waals surface area contributed by atoms with Crippen molar-refractivity contribution in [1.82, 2.24) is 5.32 Å². The molecule has 0 aromatic carbocycles. The summed E-state index contributed by atoms with van der Waals surface area (Å²) in [7, 11) is 3.40. The third kappa shape index (κ3) is 10.8. The first-order chi connectivity index (χ1) is 10.7. The molecule has 0 radical (unpaired) electrons. The summed E-state index contributed by atoms with van der Waals surface area (Å²) >= 11 is 4.31. The zero-order valence-corrected chi connectivity index (χ0v) is 15.3. The fraction of sp³-hybridized carbons (Fsp3) is 0.909. The van der Waals surface area contributed by atoms with Gasteiger partial charge in [-0.2, -0.15) is 0 Å². The van der Waals surface area contributed by atoms with E-state index in [1.807, 2.05) is 0 Å². The molecule has 7 N–H and O–H groups in total. The SMILES string of the molecule is CO[C@H](C(O)CO)[C@H](O)C(O)C(=O)NCCCCN.[2H][P+](P)=S. The number of ether oxygens (including phenoxy) is 1. The van der Waals surface area contributed by atoms with Crippen LogP contribution in [0.3, 0.4) is 0 Å². The number of methoxy groups -OCH3 is 1. The van der Waals surface area contributed by atoms with Crippen molar-refractivity contribution in [3.05, 3.63) is 0 Å². The summed E-state index contributed by atoms with van der Waals surface area (Å²) in [6.07, 6.45) is -4.62. The van der Waals surface area contributed by atoms with Crippen molar-refractivity contribution in [2.75, 3.05) is 26.8 Å². The lowest BCUT2D eigenvalue weighted by molar-refractivity contribution is -0.153. The molecular weight excluding hydrogens is 350 g/mol. The number of rotatable bonds is 10. The number of aliphatic hydroxyl groups excluding tert-OH is 4. The number of carbonyl (C=O) groups excluding carboxylic acids is 1. The van der Waals surface area contributed by atoms with Crippen molar-refractivity contribution in [1.29, 1.82) is 1.28 Å². The van der Waals surface area contributed by atoms with Crippen molar-refractivity contribution in [2.24, 2.45) is 5.73 Å². The number of carbonyl (C=O) groups is 1. The van der Waals surface area contributed by atoms with Crippen molar-refractivity contribution < 1.29 is 30.0 Å². The van der Waals surface area contributed by atoms with Crippen LogP contribution in [0.1, 0.15) is 12.8 Å². The van der Waals surface area contributed by atoms with Gasteiger partial charge in [-0.05, 0) is 19.4 Å². The van der Waals surface area contributed by atoms with E-state index in [4.69, 9.17) is 16.9 Å². The Hall–Kier alpha value is 0.180. The lowest BCUT2D eigenvalue weighted by Gasteiger charge is -2.27. The molecule has 132 valence electrons. The van der Waals surface area contributed by atoms with E-state index in [2.05, 4.69) is 26.1 Å². The third-order valence-electron chi connectivity index (χ3n) is 2.70. The van der Waals surface area contributed by atoms with Crippen LogP contribution in [0.4, 0.5) is 0 Å². The van der Waals surface area contributed by atoms with Crippen LogP contribution in [0.15, 0.2) is 0 Å². The molecule has 0 fully saturated rings. The summed E-state index contributed by atoms with van der Waals surface area (Å²) in [5, 5.41) is 39.9. The maximum atomic E-state index is 11.5. The highest BCUT2D eigenvalue weighted by Gasteiger charge is 2.35. The maximum Gasteiger partial charge on any atom is 0.355 e. The van der Waals surface area contributed by atoms with Crippen LogP contribution >= 0.6 is 15.9 Å². The number of amides is 1. The molecule has 0 bridgehead atoms. The highest BCUT2D eigenvalue weighted by molar-refractivity contribution is 8.24. The largest absolute Gasteiger partial charge is 0.394 e. The molecule has 22 heavy (non-hydrogen) atoms. The summed E-state index contributed by atoms with van der Waals surface area (Å²) in [4.78, 5) is 11.5. The molecule has 0 aliphatic heterocycles. The van der Waals surface area contributed by atoms with Crippen molar-refractivity contribution >= 4 is 33.6 Å². The minimum atomic E-state index is -1.75. The van der Waals surface area contributed by atoms with Gasteiger partial charge in [0.25, 0.3) is 5.91 Å². The molecular formula is C11H27N2O6P2S+. The molecule has 0 heterocycles. The average Bonchev–Trinajstić information content (AvgIpc) is 2.50. The van der Waals surface area contributed by atoms with Gasteiger partial charge in [0.15, 0.2) is 24.9 Å². The summed E-state index contributed by atoms with van der Waals surface area (Å²) in [5.41, 5.74) is 5.29. The molecule has 0 saturated heterocycles. The molecule has 0 aromatic rings. The molecule has 6 atom stereocenters. The molecule has 8 nitrogen and oxygen atoms in total. The van der Waals surface area contributed by atoms with Gasteiger partial charge in [0.2, 0.25) is 0 Å². The van der Waals surface area contributed by atoms with E-state index in [9.17, 15) is 20.1 Å². The normalized spacial score (nSPS) is 17.2. The Kier molecular flexibility index (Phi) is 16.2. The number of nitrogens with one attached hydrogen (secondary N) is 1. The van der Waals surface area contributed by atoms with Crippen LogP contribution in [-0.4, -0.2) is 78.8 Å². The fourth-order valence-electron chi connectivity index (χ4n) is 1.55. The van der Waals surface area contributed by atoms with Crippen LogP contribution in [0.5, 0.6) is 0 Å². The Morgan fingerprint density at radius 3 is 2.45 bits per heavy atom. The van der Waals surface area contributed by atoms with Crippen LogP contribution < -0.4 is 11.1 Å². The lowest BCUT2D eigenvalue weighted by atomic mass is 10.0. The maximum absolute atomic E-state index is 11.5. The second-order valence-electron chi connectivity index (χ2n) is 4.28. The van der Waals surface area contributed by atoms with E-state index in [0.717, 1.165) is 6.42 Å². The Bertz CT molecular complexity index is 342. The van der Waals surface area contributed by atoms with E-state index in [1.54, 1.807) is 0 Å². The standard InChI is InChI=1S/C11H24N2O6.H2P2S/c1-19-10(7(15)6-14)8(16)9(17)11(18)13-5-3-2-4-12;1-2-3/h7-10,14-17H,2-6,12H2,1H3,(H,13,18);1H2/p+1/t7?,8-,9?,10-;/m1./s1/i/hD. The zero-order chi connectivity index (χ0) is 18.4. The number of hydrogen-bond donors (Lipinski definition) is 6. The van der Waals surface area contributed by atoms with Gasteiger partial charge in [-0.1, -0.05) is 0 Å². The van der Waals surface area contributed by atoms with Crippen LogP contribution in [0.2, 0.25) is 0 Å². The first kappa shape index (κ1) is 22.2. The summed E-state index contributed by atoms with van der Waals surface area (Å²) in [6.45, 7) is -0.680. The molecule has 11 heteroatoms. The molecule has 0 aliphatic rings. The van der Waals surface area contributed by atoms with Gasteiger partial charge in [0, 0.05) is 13.7 Å². The smallest absolute Gasteiger partial charge is 0.355 e. The average molecular weight is 378 g/mol. The highest BCUT2D eigenvalue weighted by atomic mass is 32.6. The Morgan fingerprint density at radius 1 is 1.50 bits per heavy atom. The second kappa shape index (κ2) is 16.1. The van der Waals surface area contributed by atoms with Crippen LogP contribution in [0, 0.1) is 0 Å². The molecule has 0 rings (SSSR count). The molecule has 0 spiro atoms. The Morgan fingerprint density at radius 2 is 2.05 bits per heavy atom. The third-order valence-corrected chi connectivity index (χ3v) is 2.70. The monoisotopic (exact) mass is 378 g/mol. The number of aliphatic hydroxyl groups is 4. The van der Waals surface area contributed by atoms with Gasteiger partial charge in [-0.3, -0.25) is 4.79 Å². The first-order valence-electron chi connectivity index (χ1n) is 7.04. The quantitative estimate of drug-likeness (QED) is 0.186. The minimum absolute atomic E-state index is 0.333. The van der Waals surface area contributed by atoms with Gasteiger partial charge >= 0.3 is 1.28 Å².